The maximum atomic E-state index is 13.6. The zero-order chi connectivity index (χ0) is 13.8. The number of benzene rings is 1. The number of rotatable bonds is 4. The van der Waals surface area contributed by atoms with Crippen LogP contribution in [-0.4, -0.2) is 4.98 Å². The van der Waals surface area contributed by atoms with Crippen molar-refractivity contribution in [2.45, 2.75) is 17.7 Å². The number of nitrogen functional groups attached to an aromatic ring is 1. The molecule has 1 aromatic heterocycles. The fraction of sp³-hybridized carbons (Fsp3) is 0.154. The van der Waals surface area contributed by atoms with Crippen molar-refractivity contribution in [1.29, 1.82) is 0 Å². The summed E-state index contributed by atoms with van der Waals surface area (Å²) in [6.07, 6.45) is 0. The molecule has 0 bridgehead atoms. The van der Waals surface area contributed by atoms with Gasteiger partial charge in [-0.15, -0.1) is 0 Å². The summed E-state index contributed by atoms with van der Waals surface area (Å²) in [7, 11) is 0. The Morgan fingerprint density at radius 3 is 2.74 bits per heavy atom. The van der Waals surface area contributed by atoms with Gasteiger partial charge in [0.05, 0.1) is 0 Å². The van der Waals surface area contributed by atoms with E-state index >= 15 is 0 Å². The number of aryl methyl sites for hydroxylation is 1. The van der Waals surface area contributed by atoms with Crippen LogP contribution in [-0.2, 0) is 5.75 Å². The van der Waals surface area contributed by atoms with Crippen molar-refractivity contribution in [2.24, 2.45) is 5.84 Å². The Bertz CT molecular complexity index is 590. The smallest absolute Gasteiger partial charge is 0.177 e. The van der Waals surface area contributed by atoms with Crippen molar-refractivity contribution in [3.05, 3.63) is 53.1 Å². The quantitative estimate of drug-likeness (QED) is 0.513. The van der Waals surface area contributed by atoms with E-state index in [-0.39, 0.29) is 10.8 Å². The van der Waals surface area contributed by atoms with Crippen LogP contribution in [0.3, 0.4) is 0 Å². The number of anilines is 1. The van der Waals surface area contributed by atoms with Crippen LogP contribution in [0.1, 0.15) is 11.1 Å². The van der Waals surface area contributed by atoms with Crippen LogP contribution in [0.4, 0.5) is 14.6 Å². The van der Waals surface area contributed by atoms with Gasteiger partial charge in [-0.3, -0.25) is 0 Å². The highest BCUT2D eigenvalue weighted by atomic mass is 32.2. The summed E-state index contributed by atoms with van der Waals surface area (Å²) >= 11 is 1.20. The Kier molecular flexibility index (Phi) is 4.34. The molecule has 0 aliphatic heterocycles. The number of pyridine rings is 1. The minimum atomic E-state index is -0.806. The number of nitrogens with one attached hydrogen (secondary N) is 1. The lowest BCUT2D eigenvalue weighted by Gasteiger charge is -2.07. The average Bonchev–Trinajstić information content (AvgIpc) is 2.38. The standard InChI is InChI=1S/C13H13F2N3S/c1-8-3-2-4-9(5-8)7-19-13-11(15)6-10(14)12(17-13)18-16/h2-6H,7,16H2,1H3,(H,17,18). The molecule has 0 saturated carbocycles. The lowest BCUT2D eigenvalue weighted by atomic mass is 10.2. The van der Waals surface area contributed by atoms with Gasteiger partial charge in [0.25, 0.3) is 0 Å². The van der Waals surface area contributed by atoms with Crippen molar-refractivity contribution < 1.29 is 8.78 Å². The van der Waals surface area contributed by atoms with Crippen molar-refractivity contribution >= 4 is 17.6 Å². The summed E-state index contributed by atoms with van der Waals surface area (Å²) in [6, 6.07) is 8.66. The summed E-state index contributed by atoms with van der Waals surface area (Å²) in [5.41, 5.74) is 4.29. The van der Waals surface area contributed by atoms with E-state index in [9.17, 15) is 8.78 Å². The molecule has 0 atom stereocenters. The second-order valence-electron chi connectivity index (χ2n) is 4.03. The predicted octanol–water partition coefficient (Wildman–Crippen LogP) is 3.25. The molecule has 2 rings (SSSR count). The fourth-order valence-corrected chi connectivity index (χ4v) is 2.44. The highest BCUT2D eigenvalue weighted by Gasteiger charge is 2.11. The van der Waals surface area contributed by atoms with Crippen molar-refractivity contribution in [3.8, 4) is 0 Å². The van der Waals surface area contributed by atoms with E-state index < -0.39 is 11.6 Å². The minimum Gasteiger partial charge on any atom is -0.306 e. The van der Waals surface area contributed by atoms with Crippen LogP contribution < -0.4 is 11.3 Å². The van der Waals surface area contributed by atoms with Crippen molar-refractivity contribution in [2.75, 3.05) is 5.43 Å². The molecule has 0 spiro atoms. The third kappa shape index (κ3) is 3.42. The van der Waals surface area contributed by atoms with Gasteiger partial charge < -0.3 is 5.43 Å². The summed E-state index contributed by atoms with van der Waals surface area (Å²) in [5.74, 6) is 4.02. The number of nitrogens with two attached hydrogens (primary N) is 1. The van der Waals surface area contributed by atoms with Gasteiger partial charge in [-0.25, -0.2) is 19.6 Å². The van der Waals surface area contributed by atoms with E-state index in [1.807, 2.05) is 31.2 Å². The molecule has 3 N–H and O–H groups in total. The van der Waals surface area contributed by atoms with Crippen LogP contribution in [0, 0.1) is 18.6 Å². The number of hydrogen-bond acceptors (Lipinski definition) is 4. The van der Waals surface area contributed by atoms with Crippen molar-refractivity contribution in [1.82, 2.24) is 4.98 Å². The van der Waals surface area contributed by atoms with Crippen LogP contribution in [0.15, 0.2) is 35.4 Å². The maximum Gasteiger partial charge on any atom is 0.177 e. The highest BCUT2D eigenvalue weighted by Crippen LogP contribution is 2.26. The Morgan fingerprint density at radius 1 is 1.26 bits per heavy atom. The van der Waals surface area contributed by atoms with E-state index in [0.717, 1.165) is 17.2 Å². The molecule has 0 unspecified atom stereocenters. The number of nitrogens with zero attached hydrogens (tertiary/aromatic N) is 1. The highest BCUT2D eigenvalue weighted by molar-refractivity contribution is 7.98. The molecule has 19 heavy (non-hydrogen) atoms. The van der Waals surface area contributed by atoms with Gasteiger partial charge in [0, 0.05) is 11.8 Å². The first-order valence-corrected chi connectivity index (χ1v) is 6.59. The van der Waals surface area contributed by atoms with Gasteiger partial charge in [0.1, 0.15) is 5.03 Å². The molecule has 0 aliphatic rings. The fourth-order valence-electron chi connectivity index (χ4n) is 1.61. The molecule has 2 aromatic rings. The largest absolute Gasteiger partial charge is 0.306 e. The summed E-state index contributed by atoms with van der Waals surface area (Å²) in [6.45, 7) is 1.99. The van der Waals surface area contributed by atoms with E-state index in [0.29, 0.717) is 5.75 Å². The zero-order valence-corrected chi connectivity index (χ0v) is 11.1. The SMILES string of the molecule is Cc1cccc(CSc2nc(NN)c(F)cc2F)c1. The first-order valence-electron chi connectivity index (χ1n) is 5.61. The summed E-state index contributed by atoms with van der Waals surface area (Å²) < 4.78 is 26.7. The Hall–Kier alpha value is -1.66. The van der Waals surface area contributed by atoms with E-state index in [2.05, 4.69) is 10.4 Å². The van der Waals surface area contributed by atoms with E-state index in [1.165, 1.54) is 11.8 Å². The first-order chi connectivity index (χ1) is 9.10. The predicted molar refractivity (Wildman–Crippen MR) is 72.7 cm³/mol. The van der Waals surface area contributed by atoms with E-state index in [1.54, 1.807) is 0 Å². The second kappa shape index (κ2) is 5.99. The number of halogens is 2. The van der Waals surface area contributed by atoms with Gasteiger partial charge in [-0.2, -0.15) is 0 Å². The second-order valence-corrected chi connectivity index (χ2v) is 4.99. The lowest BCUT2D eigenvalue weighted by Crippen LogP contribution is -2.11. The van der Waals surface area contributed by atoms with Gasteiger partial charge in [0.2, 0.25) is 0 Å². The van der Waals surface area contributed by atoms with Crippen molar-refractivity contribution in [3.63, 3.8) is 0 Å². The Labute approximate surface area is 114 Å². The molecule has 0 amide bonds. The molecule has 1 heterocycles. The molecule has 0 fully saturated rings. The van der Waals surface area contributed by atoms with Gasteiger partial charge in [0.15, 0.2) is 17.5 Å². The van der Waals surface area contributed by atoms with Gasteiger partial charge in [-0.05, 0) is 12.5 Å². The molecule has 0 saturated heterocycles. The molecule has 100 valence electrons. The van der Waals surface area contributed by atoms with Crippen LogP contribution in [0.25, 0.3) is 0 Å². The Balaban J connectivity index is 2.15. The normalized spacial score (nSPS) is 10.5. The topological polar surface area (TPSA) is 50.9 Å². The number of aromatic nitrogens is 1. The lowest BCUT2D eigenvalue weighted by molar-refractivity contribution is 0.551. The van der Waals surface area contributed by atoms with Crippen LogP contribution in [0.2, 0.25) is 0 Å². The molecule has 6 heteroatoms. The molecule has 1 aromatic carbocycles. The zero-order valence-electron chi connectivity index (χ0n) is 10.3. The van der Waals surface area contributed by atoms with Crippen LogP contribution in [0.5, 0.6) is 0 Å². The summed E-state index contributed by atoms with van der Waals surface area (Å²) in [4.78, 5) is 3.80. The molecule has 3 nitrogen and oxygen atoms in total. The molecule has 0 radical (unpaired) electrons. The molecular weight excluding hydrogens is 268 g/mol. The number of thioether (sulfide) groups is 1. The maximum absolute atomic E-state index is 13.6. The van der Waals surface area contributed by atoms with Crippen LogP contribution >= 0.6 is 11.8 Å². The number of hydrazine groups is 1. The monoisotopic (exact) mass is 281 g/mol. The van der Waals surface area contributed by atoms with Gasteiger partial charge in [-0.1, -0.05) is 41.6 Å². The third-order valence-corrected chi connectivity index (χ3v) is 3.53. The van der Waals surface area contributed by atoms with E-state index in [4.69, 9.17) is 5.84 Å². The third-order valence-electron chi connectivity index (χ3n) is 2.49. The Morgan fingerprint density at radius 2 is 2.05 bits per heavy atom. The molecule has 0 aliphatic carbocycles. The first kappa shape index (κ1) is 13.8. The molecular formula is C13H13F2N3S. The number of hydrogen-bond donors (Lipinski definition) is 2. The minimum absolute atomic E-state index is 0.121. The summed E-state index contributed by atoms with van der Waals surface area (Å²) in [5, 5.41) is 0.121. The van der Waals surface area contributed by atoms with Gasteiger partial charge >= 0.3 is 0 Å². The average molecular weight is 281 g/mol.